The summed E-state index contributed by atoms with van der Waals surface area (Å²) in [5.74, 6) is -2.43. The number of carbonyl (C=O) groups excluding carboxylic acids is 2. The molecule has 1 atom stereocenters. The Morgan fingerprint density at radius 3 is 2.38 bits per heavy atom. The van der Waals surface area contributed by atoms with Crippen molar-refractivity contribution in [1.29, 1.82) is 0 Å². The number of halogens is 1. The molecule has 0 fully saturated rings. The van der Waals surface area contributed by atoms with E-state index in [0.717, 1.165) is 0 Å². The largest absolute Gasteiger partial charge is 0.479 e. The molecule has 0 aromatic heterocycles. The topological polar surface area (TPSA) is 101 Å². The molecule has 0 saturated heterocycles. The Labute approximate surface area is 126 Å². The Balaban J connectivity index is 3.28. The van der Waals surface area contributed by atoms with Gasteiger partial charge in [-0.25, -0.2) is 9.59 Å². The number of carbonyl (C=O) groups is 3. The van der Waals surface area contributed by atoms with Crippen LogP contribution in [0.25, 0.3) is 0 Å². The van der Waals surface area contributed by atoms with Crippen molar-refractivity contribution >= 4 is 29.3 Å². The van der Waals surface area contributed by atoms with Gasteiger partial charge >= 0.3 is 11.9 Å². The van der Waals surface area contributed by atoms with Gasteiger partial charge < -0.3 is 14.9 Å². The third-order valence-electron chi connectivity index (χ3n) is 2.66. The first-order chi connectivity index (χ1) is 9.90. The molecular formula is C14H15ClO6. The number of hydrogen-bond donors (Lipinski definition) is 2. The fourth-order valence-corrected chi connectivity index (χ4v) is 1.85. The fourth-order valence-electron chi connectivity index (χ4n) is 1.68. The van der Waals surface area contributed by atoms with Gasteiger partial charge in [-0.15, -0.1) is 11.6 Å². The highest BCUT2D eigenvalue weighted by Crippen LogP contribution is 2.20. The number of aliphatic hydroxyl groups is 1. The molecule has 0 spiro atoms. The van der Waals surface area contributed by atoms with Gasteiger partial charge in [0.2, 0.25) is 0 Å². The summed E-state index contributed by atoms with van der Waals surface area (Å²) in [6.07, 6.45) is -1.79. The Kier molecular flexibility index (Phi) is 6.33. The van der Waals surface area contributed by atoms with E-state index in [4.69, 9.17) is 21.4 Å². The highest BCUT2D eigenvalue weighted by Gasteiger charge is 2.21. The molecule has 0 radical (unpaired) electrons. The maximum absolute atomic E-state index is 11.9. The maximum Gasteiger partial charge on any atom is 0.338 e. The molecule has 1 aromatic rings. The first-order valence-corrected chi connectivity index (χ1v) is 6.76. The molecule has 0 saturated carbocycles. The number of ether oxygens (including phenoxy) is 1. The van der Waals surface area contributed by atoms with Crippen molar-refractivity contribution in [1.82, 2.24) is 0 Å². The van der Waals surface area contributed by atoms with Gasteiger partial charge in [-0.1, -0.05) is 0 Å². The molecule has 6 nitrogen and oxygen atoms in total. The lowest BCUT2D eigenvalue weighted by molar-refractivity contribution is -0.146. The van der Waals surface area contributed by atoms with Crippen molar-refractivity contribution in [3.8, 4) is 0 Å². The summed E-state index contributed by atoms with van der Waals surface area (Å²) in [5.41, 5.74) is 0.0510. The molecule has 1 unspecified atom stereocenters. The molecule has 7 heteroatoms. The van der Waals surface area contributed by atoms with Gasteiger partial charge in [0, 0.05) is 17.9 Å². The second-order valence-electron chi connectivity index (χ2n) is 4.17. The number of hydrogen-bond acceptors (Lipinski definition) is 5. The summed E-state index contributed by atoms with van der Waals surface area (Å²) in [5, 5.41) is 18.4. The van der Waals surface area contributed by atoms with Crippen LogP contribution < -0.4 is 0 Å². The van der Waals surface area contributed by atoms with E-state index in [-0.39, 0.29) is 41.4 Å². The van der Waals surface area contributed by atoms with Crippen molar-refractivity contribution < 1.29 is 29.3 Å². The van der Waals surface area contributed by atoms with Crippen LogP contribution in [0.5, 0.6) is 0 Å². The molecule has 0 amide bonds. The molecule has 1 rings (SSSR count). The van der Waals surface area contributed by atoms with Crippen LogP contribution in [0.15, 0.2) is 18.2 Å². The van der Waals surface area contributed by atoms with Gasteiger partial charge in [0.1, 0.15) is 0 Å². The number of ketones is 1. The van der Waals surface area contributed by atoms with Gasteiger partial charge in [-0.2, -0.15) is 0 Å². The van der Waals surface area contributed by atoms with Crippen LogP contribution in [0, 0.1) is 0 Å². The summed E-state index contributed by atoms with van der Waals surface area (Å²) < 4.78 is 4.81. The maximum atomic E-state index is 11.9. The zero-order valence-corrected chi connectivity index (χ0v) is 12.1. The lowest BCUT2D eigenvalue weighted by Gasteiger charge is -2.11. The lowest BCUT2D eigenvalue weighted by atomic mass is 9.98. The molecule has 114 valence electrons. The lowest BCUT2D eigenvalue weighted by Crippen LogP contribution is -2.14. The molecule has 21 heavy (non-hydrogen) atoms. The van der Waals surface area contributed by atoms with Crippen LogP contribution in [0.1, 0.15) is 45.7 Å². The summed E-state index contributed by atoms with van der Waals surface area (Å²) in [7, 11) is 0. The second kappa shape index (κ2) is 7.75. The van der Waals surface area contributed by atoms with Crippen LogP contribution in [-0.2, 0) is 9.53 Å². The van der Waals surface area contributed by atoms with Gasteiger partial charge in [0.15, 0.2) is 11.9 Å². The number of rotatable bonds is 7. The monoisotopic (exact) mass is 314 g/mol. The number of aliphatic carboxylic acids is 1. The van der Waals surface area contributed by atoms with E-state index in [1.807, 2.05) is 0 Å². The summed E-state index contributed by atoms with van der Waals surface area (Å²) >= 11 is 5.50. The first kappa shape index (κ1) is 17.1. The van der Waals surface area contributed by atoms with E-state index in [0.29, 0.717) is 0 Å². The van der Waals surface area contributed by atoms with E-state index in [9.17, 15) is 19.5 Å². The van der Waals surface area contributed by atoms with Crippen molar-refractivity contribution in [2.45, 2.75) is 19.4 Å². The fraction of sp³-hybridized carbons (Fsp3) is 0.357. The smallest absolute Gasteiger partial charge is 0.338 e. The predicted molar refractivity (Wildman–Crippen MR) is 74.7 cm³/mol. The Morgan fingerprint density at radius 2 is 1.86 bits per heavy atom. The number of benzene rings is 1. The summed E-state index contributed by atoms with van der Waals surface area (Å²) in [6.45, 7) is 1.75. The van der Waals surface area contributed by atoms with Crippen LogP contribution >= 0.6 is 11.6 Å². The number of carboxylic acid groups (broad SMARTS) is 1. The van der Waals surface area contributed by atoms with Gasteiger partial charge in [-0.3, -0.25) is 4.79 Å². The molecule has 0 aliphatic rings. The number of Topliss-reactive ketones (excluding diaryl/α,β-unsaturated/α-hetero) is 1. The van der Waals surface area contributed by atoms with Gasteiger partial charge in [-0.05, 0) is 30.7 Å². The minimum atomic E-state index is -1.83. The molecule has 0 heterocycles. The summed E-state index contributed by atoms with van der Waals surface area (Å²) in [6, 6.07) is 3.72. The first-order valence-electron chi connectivity index (χ1n) is 6.22. The van der Waals surface area contributed by atoms with Crippen LogP contribution in [0.2, 0.25) is 0 Å². The molecule has 1 aromatic carbocycles. The normalized spacial score (nSPS) is 11.8. The standard InChI is InChI=1S/C14H15ClO6/c1-2-21-14(20)10-6-8(11(16)3-4-15)5-9(7-10)12(17)13(18)19/h5-7,12,17H,2-4H2,1H3,(H,18,19). The average Bonchev–Trinajstić information content (AvgIpc) is 2.46. The third kappa shape index (κ3) is 4.54. The minimum Gasteiger partial charge on any atom is -0.479 e. The zero-order chi connectivity index (χ0) is 16.0. The van der Waals surface area contributed by atoms with E-state index in [1.54, 1.807) is 6.92 Å². The Morgan fingerprint density at radius 1 is 1.24 bits per heavy atom. The molecule has 0 aliphatic heterocycles. The van der Waals surface area contributed by atoms with Crippen molar-refractivity contribution in [2.75, 3.05) is 12.5 Å². The van der Waals surface area contributed by atoms with Crippen molar-refractivity contribution in [2.24, 2.45) is 0 Å². The van der Waals surface area contributed by atoms with Crippen LogP contribution in [-0.4, -0.2) is 40.4 Å². The third-order valence-corrected chi connectivity index (χ3v) is 2.85. The van der Waals surface area contributed by atoms with E-state index >= 15 is 0 Å². The SMILES string of the molecule is CCOC(=O)c1cc(C(=O)CCCl)cc(C(O)C(=O)O)c1. The Bertz CT molecular complexity index is 518. The van der Waals surface area contributed by atoms with E-state index < -0.39 is 18.0 Å². The zero-order valence-electron chi connectivity index (χ0n) is 11.3. The highest BCUT2D eigenvalue weighted by atomic mass is 35.5. The van der Waals surface area contributed by atoms with Gasteiger partial charge in [0.05, 0.1) is 12.2 Å². The molecule has 2 N–H and O–H groups in total. The van der Waals surface area contributed by atoms with Crippen LogP contribution in [0.3, 0.4) is 0 Å². The second-order valence-corrected chi connectivity index (χ2v) is 4.55. The number of carboxylic acids is 1. The highest BCUT2D eigenvalue weighted by molar-refractivity contribution is 6.19. The number of alkyl halides is 1. The minimum absolute atomic E-state index is 0.00701. The number of esters is 1. The Hall–Kier alpha value is -1.92. The predicted octanol–water partition coefficient (Wildman–Crippen LogP) is 1.79. The van der Waals surface area contributed by atoms with Crippen LogP contribution in [0.4, 0.5) is 0 Å². The van der Waals surface area contributed by atoms with Crippen molar-refractivity contribution in [3.63, 3.8) is 0 Å². The number of aliphatic hydroxyl groups excluding tert-OH is 1. The molecule has 0 aliphatic carbocycles. The average molecular weight is 315 g/mol. The summed E-state index contributed by atoms with van der Waals surface area (Å²) in [4.78, 5) is 34.4. The quantitative estimate of drug-likeness (QED) is 0.452. The molecular weight excluding hydrogens is 300 g/mol. The van der Waals surface area contributed by atoms with E-state index in [2.05, 4.69) is 0 Å². The van der Waals surface area contributed by atoms with E-state index in [1.165, 1.54) is 18.2 Å². The van der Waals surface area contributed by atoms with Crippen molar-refractivity contribution in [3.05, 3.63) is 34.9 Å². The molecule has 0 bridgehead atoms. The van der Waals surface area contributed by atoms with Gasteiger partial charge in [0.25, 0.3) is 0 Å².